The van der Waals surface area contributed by atoms with Crippen molar-refractivity contribution in [3.8, 4) is 16.9 Å². The highest BCUT2D eigenvalue weighted by Crippen LogP contribution is 2.36. The molecule has 1 aliphatic rings. The van der Waals surface area contributed by atoms with Gasteiger partial charge in [0, 0.05) is 23.8 Å². The molecule has 0 saturated heterocycles. The summed E-state index contributed by atoms with van der Waals surface area (Å²) >= 11 is 0. The molecular formula is C26H24N2O3. The van der Waals surface area contributed by atoms with Gasteiger partial charge < -0.3 is 9.84 Å². The summed E-state index contributed by atoms with van der Waals surface area (Å²) in [4.78, 5) is 11.3. The molecule has 0 amide bonds. The van der Waals surface area contributed by atoms with Crippen LogP contribution in [0.1, 0.15) is 23.6 Å². The summed E-state index contributed by atoms with van der Waals surface area (Å²) in [6.07, 6.45) is 4.18. The Balaban J connectivity index is 1.50. The molecule has 5 heteroatoms. The monoisotopic (exact) mass is 412 g/mol. The van der Waals surface area contributed by atoms with E-state index in [0.29, 0.717) is 6.42 Å². The first-order chi connectivity index (χ1) is 15.1. The Labute approximate surface area is 180 Å². The van der Waals surface area contributed by atoms with Gasteiger partial charge in [-0.15, -0.1) is 0 Å². The minimum atomic E-state index is -0.787. The number of ether oxygens (including phenoxy) is 1. The number of benzene rings is 3. The maximum atomic E-state index is 11.3. The van der Waals surface area contributed by atoms with Crippen molar-refractivity contribution >= 4 is 16.9 Å². The predicted molar refractivity (Wildman–Crippen MR) is 120 cm³/mol. The van der Waals surface area contributed by atoms with Crippen molar-refractivity contribution in [1.82, 2.24) is 10.2 Å². The van der Waals surface area contributed by atoms with Gasteiger partial charge >= 0.3 is 5.97 Å². The molecule has 1 heterocycles. The molecular weight excluding hydrogens is 388 g/mol. The van der Waals surface area contributed by atoms with Crippen molar-refractivity contribution in [2.45, 2.75) is 32.3 Å². The number of carboxylic acids is 1. The van der Waals surface area contributed by atoms with Crippen LogP contribution in [0.2, 0.25) is 0 Å². The summed E-state index contributed by atoms with van der Waals surface area (Å²) in [6, 6.07) is 20.7. The highest BCUT2D eigenvalue weighted by atomic mass is 16.5. The van der Waals surface area contributed by atoms with Crippen molar-refractivity contribution in [2.24, 2.45) is 5.92 Å². The van der Waals surface area contributed by atoms with Crippen LogP contribution in [0.3, 0.4) is 0 Å². The van der Waals surface area contributed by atoms with Crippen LogP contribution >= 0.6 is 0 Å². The molecule has 5 nitrogen and oxygen atoms in total. The Morgan fingerprint density at radius 1 is 1.13 bits per heavy atom. The van der Waals surface area contributed by atoms with E-state index in [-0.39, 0.29) is 6.10 Å². The van der Waals surface area contributed by atoms with E-state index in [0.717, 1.165) is 46.2 Å². The van der Waals surface area contributed by atoms with Crippen LogP contribution < -0.4 is 4.74 Å². The highest BCUT2D eigenvalue weighted by Gasteiger charge is 2.24. The fourth-order valence-electron chi connectivity index (χ4n) is 4.36. The number of carbonyl (C=O) groups is 1. The van der Waals surface area contributed by atoms with Crippen LogP contribution in [0.4, 0.5) is 0 Å². The van der Waals surface area contributed by atoms with Crippen LogP contribution in [-0.2, 0) is 24.1 Å². The normalized spacial score (nSPS) is 14.5. The first-order valence-corrected chi connectivity index (χ1v) is 10.6. The number of nitrogens with one attached hydrogen (secondary N) is 1. The summed E-state index contributed by atoms with van der Waals surface area (Å²) < 4.78 is 6.50. The molecule has 4 aromatic rings. The first kappa shape index (κ1) is 19.4. The molecule has 1 unspecified atom stereocenters. The second-order valence-corrected chi connectivity index (χ2v) is 8.36. The number of hydrogen-bond acceptors (Lipinski definition) is 3. The molecule has 31 heavy (non-hydrogen) atoms. The molecule has 1 atom stereocenters. The SMILES string of the molecule is CC(Cc1ccc(OC2Cc3ccccc3C2)c(-c2ccc3[nH]ncc3c2)c1)C(=O)O. The quantitative estimate of drug-likeness (QED) is 0.465. The van der Waals surface area contributed by atoms with Gasteiger partial charge in [-0.2, -0.15) is 5.10 Å². The number of H-pyrrole nitrogens is 1. The minimum absolute atomic E-state index is 0.0950. The summed E-state index contributed by atoms with van der Waals surface area (Å²) in [5.41, 5.74) is 6.67. The second kappa shape index (κ2) is 7.91. The Bertz CT molecular complexity index is 1240. The van der Waals surface area contributed by atoms with Gasteiger partial charge in [-0.3, -0.25) is 9.89 Å². The van der Waals surface area contributed by atoms with Crippen molar-refractivity contribution in [3.63, 3.8) is 0 Å². The van der Waals surface area contributed by atoms with Crippen molar-refractivity contribution in [1.29, 1.82) is 0 Å². The third-order valence-electron chi connectivity index (χ3n) is 6.07. The molecule has 0 bridgehead atoms. The van der Waals surface area contributed by atoms with E-state index < -0.39 is 11.9 Å². The zero-order valence-corrected chi connectivity index (χ0v) is 17.3. The molecule has 1 aromatic heterocycles. The van der Waals surface area contributed by atoms with Crippen LogP contribution in [0.5, 0.6) is 5.75 Å². The molecule has 2 N–H and O–H groups in total. The van der Waals surface area contributed by atoms with Gasteiger partial charge in [0.25, 0.3) is 0 Å². The van der Waals surface area contributed by atoms with Gasteiger partial charge in [0.15, 0.2) is 0 Å². The largest absolute Gasteiger partial charge is 0.489 e. The predicted octanol–water partition coefficient (Wildman–Crippen LogP) is 5.04. The lowest BCUT2D eigenvalue weighted by Crippen LogP contribution is -2.17. The average molecular weight is 412 g/mol. The van der Waals surface area contributed by atoms with Crippen molar-refractivity contribution in [3.05, 3.63) is 83.6 Å². The third-order valence-corrected chi connectivity index (χ3v) is 6.07. The molecule has 1 aliphatic carbocycles. The van der Waals surface area contributed by atoms with E-state index in [1.54, 1.807) is 6.92 Å². The van der Waals surface area contributed by atoms with E-state index in [1.807, 2.05) is 24.4 Å². The van der Waals surface area contributed by atoms with Crippen LogP contribution in [-0.4, -0.2) is 27.4 Å². The molecule has 0 spiro atoms. The van der Waals surface area contributed by atoms with Gasteiger partial charge in [0.05, 0.1) is 17.6 Å². The van der Waals surface area contributed by atoms with E-state index >= 15 is 0 Å². The lowest BCUT2D eigenvalue weighted by Gasteiger charge is -2.18. The molecule has 0 fully saturated rings. The minimum Gasteiger partial charge on any atom is -0.489 e. The fraction of sp³-hybridized carbons (Fsp3) is 0.231. The highest BCUT2D eigenvalue weighted by molar-refractivity contribution is 5.85. The van der Waals surface area contributed by atoms with E-state index in [4.69, 9.17) is 4.74 Å². The van der Waals surface area contributed by atoms with Crippen molar-refractivity contribution in [2.75, 3.05) is 0 Å². The van der Waals surface area contributed by atoms with E-state index in [2.05, 4.69) is 52.7 Å². The third kappa shape index (κ3) is 3.91. The van der Waals surface area contributed by atoms with Gasteiger partial charge in [-0.25, -0.2) is 0 Å². The van der Waals surface area contributed by atoms with Crippen LogP contribution in [0.25, 0.3) is 22.0 Å². The standard InChI is InChI=1S/C26H24N2O3/c1-16(26(29)30)10-17-6-9-25(31-22-13-18-4-2-3-5-19(18)14-22)23(11-17)20-7-8-24-21(12-20)15-27-28-24/h2-9,11-12,15-16,22H,10,13-14H2,1H3,(H,27,28)(H,29,30). The molecule has 156 valence electrons. The van der Waals surface area contributed by atoms with Gasteiger partial charge in [0.1, 0.15) is 11.9 Å². The van der Waals surface area contributed by atoms with Gasteiger partial charge in [-0.1, -0.05) is 43.3 Å². The lowest BCUT2D eigenvalue weighted by molar-refractivity contribution is -0.141. The van der Waals surface area contributed by atoms with Gasteiger partial charge in [-0.05, 0) is 52.9 Å². The Morgan fingerprint density at radius 3 is 2.65 bits per heavy atom. The average Bonchev–Trinajstić information content (AvgIpc) is 3.40. The molecule has 0 saturated carbocycles. The number of aliphatic carboxylic acids is 1. The Kier molecular flexibility index (Phi) is 4.94. The fourth-order valence-corrected chi connectivity index (χ4v) is 4.36. The maximum absolute atomic E-state index is 11.3. The molecule has 0 radical (unpaired) electrons. The summed E-state index contributed by atoms with van der Waals surface area (Å²) in [5.74, 6) is -0.405. The second-order valence-electron chi connectivity index (χ2n) is 8.36. The summed E-state index contributed by atoms with van der Waals surface area (Å²) in [5, 5.41) is 17.5. The number of nitrogens with zero attached hydrogens (tertiary/aromatic N) is 1. The number of aromatic nitrogens is 2. The number of hydrogen-bond donors (Lipinski definition) is 2. The van der Waals surface area contributed by atoms with E-state index in [9.17, 15) is 9.90 Å². The smallest absolute Gasteiger partial charge is 0.306 e. The van der Waals surface area contributed by atoms with Crippen LogP contribution in [0, 0.1) is 5.92 Å². The molecule has 5 rings (SSSR count). The Morgan fingerprint density at radius 2 is 1.90 bits per heavy atom. The topological polar surface area (TPSA) is 75.2 Å². The zero-order chi connectivity index (χ0) is 21.4. The summed E-state index contributed by atoms with van der Waals surface area (Å²) in [6.45, 7) is 1.74. The number of aromatic amines is 1. The number of fused-ring (bicyclic) bond motifs is 2. The molecule has 3 aromatic carbocycles. The first-order valence-electron chi connectivity index (χ1n) is 10.6. The van der Waals surface area contributed by atoms with Crippen molar-refractivity contribution < 1.29 is 14.6 Å². The van der Waals surface area contributed by atoms with Crippen LogP contribution in [0.15, 0.2) is 66.9 Å². The number of carboxylic acid groups (broad SMARTS) is 1. The maximum Gasteiger partial charge on any atom is 0.306 e. The summed E-state index contributed by atoms with van der Waals surface area (Å²) in [7, 11) is 0. The Hall–Kier alpha value is -3.60. The van der Waals surface area contributed by atoms with E-state index in [1.165, 1.54) is 11.1 Å². The molecule has 0 aliphatic heterocycles. The zero-order valence-electron chi connectivity index (χ0n) is 17.3. The number of rotatable bonds is 6. The van der Waals surface area contributed by atoms with Gasteiger partial charge in [0.2, 0.25) is 0 Å². The lowest BCUT2D eigenvalue weighted by atomic mass is 9.96.